The number of anilines is 1. The maximum Gasteiger partial charge on any atom is 0.191 e. The molecule has 0 radical (unpaired) electrons. The molecule has 0 saturated carbocycles. The summed E-state index contributed by atoms with van der Waals surface area (Å²) in [6, 6.07) is 10.1. The van der Waals surface area contributed by atoms with Crippen LogP contribution < -0.4 is 16.0 Å². The van der Waals surface area contributed by atoms with E-state index in [2.05, 4.69) is 20.9 Å². The zero-order valence-electron chi connectivity index (χ0n) is 15.3. The summed E-state index contributed by atoms with van der Waals surface area (Å²) in [5.74, 6) is 0.917. The van der Waals surface area contributed by atoms with Crippen molar-refractivity contribution in [1.29, 1.82) is 0 Å². The molecule has 1 aromatic carbocycles. The molecule has 3 N–H and O–H groups in total. The van der Waals surface area contributed by atoms with E-state index < -0.39 is 9.84 Å². The molecule has 0 amide bonds. The molecule has 1 unspecified atom stereocenters. The van der Waals surface area contributed by atoms with Crippen LogP contribution in [0.3, 0.4) is 0 Å². The first kappa shape index (κ1) is 24.0. The molecule has 0 heterocycles. The molecule has 144 valence electrons. The second kappa shape index (κ2) is 13.2. The van der Waals surface area contributed by atoms with Crippen molar-refractivity contribution in [2.45, 2.75) is 32.7 Å². The molecule has 0 aliphatic heterocycles. The van der Waals surface area contributed by atoms with Crippen LogP contribution in [0.2, 0.25) is 0 Å². The fraction of sp³-hybridized carbons (Fsp3) is 0.588. The number of halogens is 1. The van der Waals surface area contributed by atoms with Gasteiger partial charge < -0.3 is 16.0 Å². The van der Waals surface area contributed by atoms with E-state index in [0.717, 1.165) is 31.2 Å². The van der Waals surface area contributed by atoms with Crippen molar-refractivity contribution in [3.63, 3.8) is 0 Å². The van der Waals surface area contributed by atoms with Gasteiger partial charge in [0.2, 0.25) is 0 Å². The summed E-state index contributed by atoms with van der Waals surface area (Å²) in [6.07, 6.45) is 2.75. The number of hydrogen-bond donors (Lipinski definition) is 3. The Kier molecular flexibility index (Phi) is 12.7. The molecule has 0 saturated heterocycles. The van der Waals surface area contributed by atoms with Crippen LogP contribution in [-0.4, -0.2) is 52.1 Å². The van der Waals surface area contributed by atoms with Gasteiger partial charge in [-0.2, -0.15) is 0 Å². The Bertz CT molecular complexity index is 594. The van der Waals surface area contributed by atoms with Gasteiger partial charge in [0.15, 0.2) is 5.96 Å². The number of nitrogens with one attached hydrogen (secondary N) is 3. The molecule has 0 bridgehead atoms. The number of hydrogen-bond acceptors (Lipinski definition) is 4. The first-order valence-corrected chi connectivity index (χ1v) is 10.5. The Balaban J connectivity index is 0.00000576. The summed E-state index contributed by atoms with van der Waals surface area (Å²) in [7, 11) is -2.93. The SMILES string of the molecule is CCNC(=NCCCNc1ccccc1)NC(C)CCS(C)(=O)=O.I. The third-order valence-corrected chi connectivity index (χ3v) is 4.33. The number of benzene rings is 1. The van der Waals surface area contributed by atoms with Crippen molar-refractivity contribution >= 4 is 45.5 Å². The molecule has 0 fully saturated rings. The van der Waals surface area contributed by atoms with Gasteiger partial charge in [-0.15, -0.1) is 24.0 Å². The van der Waals surface area contributed by atoms with Gasteiger partial charge in [-0.1, -0.05) is 18.2 Å². The Labute approximate surface area is 169 Å². The van der Waals surface area contributed by atoms with Crippen LogP contribution in [0, 0.1) is 0 Å². The van der Waals surface area contributed by atoms with E-state index in [1.165, 1.54) is 6.26 Å². The average Bonchev–Trinajstić information content (AvgIpc) is 2.53. The third-order valence-electron chi connectivity index (χ3n) is 3.36. The second-order valence-electron chi connectivity index (χ2n) is 5.87. The average molecular weight is 482 g/mol. The highest BCUT2D eigenvalue weighted by Gasteiger charge is 2.09. The molecular formula is C17H31IN4O2S. The van der Waals surface area contributed by atoms with Crippen LogP contribution in [0.5, 0.6) is 0 Å². The van der Waals surface area contributed by atoms with Gasteiger partial charge in [-0.3, -0.25) is 4.99 Å². The first-order chi connectivity index (χ1) is 11.4. The molecule has 0 spiro atoms. The highest BCUT2D eigenvalue weighted by Crippen LogP contribution is 2.04. The summed E-state index contributed by atoms with van der Waals surface area (Å²) in [5, 5.41) is 9.79. The van der Waals surface area contributed by atoms with Crippen LogP contribution in [0.4, 0.5) is 5.69 Å². The van der Waals surface area contributed by atoms with Crippen molar-refractivity contribution in [2.24, 2.45) is 4.99 Å². The highest BCUT2D eigenvalue weighted by atomic mass is 127. The maximum absolute atomic E-state index is 11.2. The fourth-order valence-corrected chi connectivity index (χ4v) is 2.86. The van der Waals surface area contributed by atoms with Crippen molar-refractivity contribution in [2.75, 3.05) is 37.0 Å². The predicted molar refractivity (Wildman–Crippen MR) is 118 cm³/mol. The summed E-state index contributed by atoms with van der Waals surface area (Å²) in [5.41, 5.74) is 1.11. The van der Waals surface area contributed by atoms with Gasteiger partial charge in [-0.05, 0) is 38.8 Å². The Morgan fingerprint density at radius 3 is 2.52 bits per heavy atom. The summed E-state index contributed by atoms with van der Waals surface area (Å²) >= 11 is 0. The van der Waals surface area contributed by atoms with E-state index in [4.69, 9.17) is 0 Å². The van der Waals surface area contributed by atoms with E-state index >= 15 is 0 Å². The lowest BCUT2D eigenvalue weighted by Crippen LogP contribution is -2.43. The molecule has 1 aromatic rings. The molecule has 0 aromatic heterocycles. The monoisotopic (exact) mass is 482 g/mol. The lowest BCUT2D eigenvalue weighted by molar-refractivity contribution is 0.581. The fourth-order valence-electron chi connectivity index (χ4n) is 2.08. The largest absolute Gasteiger partial charge is 0.385 e. The van der Waals surface area contributed by atoms with E-state index in [1.807, 2.05) is 44.2 Å². The van der Waals surface area contributed by atoms with Crippen LogP contribution in [-0.2, 0) is 9.84 Å². The number of nitrogens with zero attached hydrogens (tertiary/aromatic N) is 1. The number of aliphatic imine (C=N–C) groups is 1. The molecule has 6 nitrogen and oxygen atoms in total. The van der Waals surface area contributed by atoms with Gasteiger partial charge in [0.1, 0.15) is 9.84 Å². The summed E-state index contributed by atoms with van der Waals surface area (Å²) < 4.78 is 22.5. The number of para-hydroxylation sites is 1. The van der Waals surface area contributed by atoms with Crippen LogP contribution in [0.1, 0.15) is 26.7 Å². The number of sulfone groups is 1. The molecule has 1 rings (SSSR count). The van der Waals surface area contributed by atoms with Crippen molar-refractivity contribution in [3.8, 4) is 0 Å². The minimum absolute atomic E-state index is 0. The third kappa shape index (κ3) is 12.9. The molecule has 0 aliphatic carbocycles. The normalized spacial score (nSPS) is 12.8. The van der Waals surface area contributed by atoms with E-state index in [-0.39, 0.29) is 35.8 Å². The second-order valence-corrected chi connectivity index (χ2v) is 8.13. The zero-order chi connectivity index (χ0) is 17.8. The van der Waals surface area contributed by atoms with Crippen LogP contribution in [0.25, 0.3) is 0 Å². The molecular weight excluding hydrogens is 451 g/mol. The van der Waals surface area contributed by atoms with Crippen molar-refractivity contribution < 1.29 is 8.42 Å². The van der Waals surface area contributed by atoms with Gasteiger partial charge in [0.05, 0.1) is 5.75 Å². The minimum Gasteiger partial charge on any atom is -0.385 e. The standard InChI is InChI=1S/C17H30N4O2S.HI/c1-4-18-17(21-15(2)11-14-24(3,22)23)20-13-8-12-19-16-9-6-5-7-10-16;/h5-7,9-10,15,19H,4,8,11-14H2,1-3H3,(H2,18,20,21);1H. The Morgan fingerprint density at radius 1 is 1.24 bits per heavy atom. The summed E-state index contributed by atoms with van der Waals surface area (Å²) in [4.78, 5) is 4.53. The molecule has 8 heteroatoms. The van der Waals surface area contributed by atoms with E-state index in [0.29, 0.717) is 13.0 Å². The topological polar surface area (TPSA) is 82.6 Å². The van der Waals surface area contributed by atoms with Gasteiger partial charge in [0, 0.05) is 37.6 Å². The van der Waals surface area contributed by atoms with E-state index in [1.54, 1.807) is 0 Å². The zero-order valence-corrected chi connectivity index (χ0v) is 18.4. The van der Waals surface area contributed by atoms with Crippen molar-refractivity contribution in [1.82, 2.24) is 10.6 Å². The summed E-state index contributed by atoms with van der Waals surface area (Å²) in [6.45, 7) is 6.31. The Morgan fingerprint density at radius 2 is 1.92 bits per heavy atom. The minimum atomic E-state index is -2.93. The highest BCUT2D eigenvalue weighted by molar-refractivity contribution is 14.0. The lowest BCUT2D eigenvalue weighted by Gasteiger charge is -2.17. The molecule has 0 aliphatic rings. The predicted octanol–water partition coefficient (Wildman–Crippen LogP) is 2.48. The molecule has 25 heavy (non-hydrogen) atoms. The number of rotatable bonds is 10. The first-order valence-electron chi connectivity index (χ1n) is 8.42. The Hall–Kier alpha value is -1.03. The lowest BCUT2D eigenvalue weighted by atomic mass is 10.3. The van der Waals surface area contributed by atoms with Gasteiger partial charge in [-0.25, -0.2) is 8.42 Å². The number of guanidine groups is 1. The quantitative estimate of drug-likeness (QED) is 0.207. The van der Waals surface area contributed by atoms with Crippen molar-refractivity contribution in [3.05, 3.63) is 30.3 Å². The van der Waals surface area contributed by atoms with Crippen LogP contribution >= 0.6 is 24.0 Å². The van der Waals surface area contributed by atoms with Crippen LogP contribution in [0.15, 0.2) is 35.3 Å². The maximum atomic E-state index is 11.2. The smallest absolute Gasteiger partial charge is 0.191 e. The van der Waals surface area contributed by atoms with E-state index in [9.17, 15) is 8.42 Å². The van der Waals surface area contributed by atoms with Gasteiger partial charge in [0.25, 0.3) is 0 Å². The van der Waals surface area contributed by atoms with Gasteiger partial charge >= 0.3 is 0 Å². The molecule has 1 atom stereocenters.